The Balaban J connectivity index is 1.95. The van der Waals surface area contributed by atoms with E-state index in [1.54, 1.807) is 16.8 Å². The molecule has 1 atom stereocenters. The van der Waals surface area contributed by atoms with E-state index in [0.29, 0.717) is 22.7 Å². The number of allylic oxidation sites excluding steroid dienone is 1. The van der Waals surface area contributed by atoms with Crippen LogP contribution in [0.25, 0.3) is 5.69 Å². The van der Waals surface area contributed by atoms with E-state index in [0.717, 1.165) is 11.3 Å². The number of nitrogens with two attached hydrogens (primary N) is 1. The molecular formula is C21H17FN4O. The quantitative estimate of drug-likeness (QED) is 0.753. The van der Waals surface area contributed by atoms with Crippen LogP contribution in [0.4, 0.5) is 4.39 Å². The Morgan fingerprint density at radius 2 is 1.93 bits per heavy atom. The lowest BCUT2D eigenvalue weighted by atomic mass is 9.84. The first-order valence-corrected chi connectivity index (χ1v) is 8.49. The van der Waals surface area contributed by atoms with Crippen molar-refractivity contribution < 1.29 is 9.13 Å². The summed E-state index contributed by atoms with van der Waals surface area (Å²) in [6, 6.07) is 16.1. The monoisotopic (exact) mass is 360 g/mol. The Kier molecular flexibility index (Phi) is 3.93. The highest BCUT2D eigenvalue weighted by Gasteiger charge is 2.36. The smallest absolute Gasteiger partial charge is 0.229 e. The lowest BCUT2D eigenvalue weighted by molar-refractivity contribution is 0.367. The molecule has 134 valence electrons. The highest BCUT2D eigenvalue weighted by Crippen LogP contribution is 2.44. The van der Waals surface area contributed by atoms with Gasteiger partial charge in [0.15, 0.2) is 0 Å². The summed E-state index contributed by atoms with van der Waals surface area (Å²) >= 11 is 0. The van der Waals surface area contributed by atoms with Crippen molar-refractivity contribution in [1.82, 2.24) is 9.78 Å². The van der Waals surface area contributed by atoms with Crippen LogP contribution in [0.1, 0.15) is 28.3 Å². The number of nitriles is 1. The summed E-state index contributed by atoms with van der Waals surface area (Å²) in [6.45, 7) is 3.85. The zero-order valence-corrected chi connectivity index (χ0v) is 14.9. The summed E-state index contributed by atoms with van der Waals surface area (Å²) in [7, 11) is 0. The van der Waals surface area contributed by atoms with Gasteiger partial charge in [0.05, 0.1) is 22.9 Å². The molecule has 0 aliphatic carbocycles. The molecule has 1 aliphatic heterocycles. The molecule has 1 aliphatic rings. The van der Waals surface area contributed by atoms with E-state index in [2.05, 4.69) is 11.2 Å². The molecule has 0 saturated carbocycles. The van der Waals surface area contributed by atoms with Crippen LogP contribution in [0.3, 0.4) is 0 Å². The third-order valence-electron chi connectivity index (χ3n) is 4.69. The maximum atomic E-state index is 13.9. The summed E-state index contributed by atoms with van der Waals surface area (Å²) in [4.78, 5) is 0. The van der Waals surface area contributed by atoms with Crippen LogP contribution in [0.5, 0.6) is 5.88 Å². The SMILES string of the molecule is Cc1ccc(-n2nc(C)c3c2OC(N)=C(C#N)C3c2cccc(F)c2)cc1. The predicted octanol–water partition coefficient (Wildman–Crippen LogP) is 3.85. The predicted molar refractivity (Wildman–Crippen MR) is 98.7 cm³/mol. The molecule has 0 bridgehead atoms. The largest absolute Gasteiger partial charge is 0.422 e. The second kappa shape index (κ2) is 6.29. The highest BCUT2D eigenvalue weighted by atomic mass is 19.1. The summed E-state index contributed by atoms with van der Waals surface area (Å²) in [6.07, 6.45) is 0. The summed E-state index contributed by atoms with van der Waals surface area (Å²) in [5, 5.41) is 14.2. The van der Waals surface area contributed by atoms with Crippen molar-refractivity contribution in [3.63, 3.8) is 0 Å². The van der Waals surface area contributed by atoms with Crippen LogP contribution in [0.2, 0.25) is 0 Å². The number of benzene rings is 2. The topological polar surface area (TPSA) is 76.9 Å². The molecule has 0 radical (unpaired) electrons. The number of aryl methyl sites for hydroxylation is 2. The van der Waals surface area contributed by atoms with Crippen molar-refractivity contribution >= 4 is 0 Å². The summed E-state index contributed by atoms with van der Waals surface area (Å²) < 4.78 is 21.3. The molecule has 3 aromatic rings. The van der Waals surface area contributed by atoms with Gasteiger partial charge in [0.25, 0.3) is 0 Å². The van der Waals surface area contributed by atoms with Crippen molar-refractivity contribution in [3.8, 4) is 17.6 Å². The van der Waals surface area contributed by atoms with Crippen molar-refractivity contribution in [2.24, 2.45) is 5.73 Å². The zero-order chi connectivity index (χ0) is 19.1. The van der Waals surface area contributed by atoms with Gasteiger partial charge in [0, 0.05) is 0 Å². The molecule has 1 unspecified atom stereocenters. The molecule has 2 N–H and O–H groups in total. The summed E-state index contributed by atoms with van der Waals surface area (Å²) in [5.74, 6) is -0.455. The lowest BCUT2D eigenvalue weighted by Gasteiger charge is -2.24. The average molecular weight is 360 g/mol. The molecule has 2 aromatic carbocycles. The Labute approximate surface area is 156 Å². The molecule has 2 heterocycles. The first-order valence-electron chi connectivity index (χ1n) is 8.49. The van der Waals surface area contributed by atoms with Gasteiger partial charge in [0.1, 0.15) is 17.5 Å². The highest BCUT2D eigenvalue weighted by molar-refractivity contribution is 5.57. The second-order valence-corrected chi connectivity index (χ2v) is 6.53. The number of nitrogens with zero attached hydrogens (tertiary/aromatic N) is 3. The van der Waals surface area contributed by atoms with Gasteiger partial charge in [-0.25, -0.2) is 9.07 Å². The van der Waals surface area contributed by atoms with Gasteiger partial charge in [-0.05, 0) is 43.7 Å². The minimum absolute atomic E-state index is 0.00697. The maximum Gasteiger partial charge on any atom is 0.229 e. The van der Waals surface area contributed by atoms with Gasteiger partial charge < -0.3 is 10.5 Å². The van der Waals surface area contributed by atoms with Crippen LogP contribution in [-0.4, -0.2) is 9.78 Å². The minimum Gasteiger partial charge on any atom is -0.422 e. The lowest BCUT2D eigenvalue weighted by Crippen LogP contribution is -2.22. The molecule has 0 amide bonds. The molecule has 4 rings (SSSR count). The van der Waals surface area contributed by atoms with Crippen LogP contribution in [-0.2, 0) is 0 Å². The fraction of sp³-hybridized carbons (Fsp3) is 0.143. The fourth-order valence-electron chi connectivity index (χ4n) is 3.39. The van der Waals surface area contributed by atoms with Crippen molar-refractivity contribution in [2.75, 3.05) is 0 Å². The van der Waals surface area contributed by atoms with Gasteiger partial charge in [-0.15, -0.1) is 0 Å². The molecule has 27 heavy (non-hydrogen) atoms. The Morgan fingerprint density at radius 1 is 1.19 bits per heavy atom. The van der Waals surface area contributed by atoms with E-state index in [1.165, 1.54) is 12.1 Å². The zero-order valence-electron chi connectivity index (χ0n) is 14.9. The van der Waals surface area contributed by atoms with E-state index in [9.17, 15) is 9.65 Å². The molecule has 0 fully saturated rings. The van der Waals surface area contributed by atoms with Crippen molar-refractivity contribution in [1.29, 1.82) is 5.26 Å². The van der Waals surface area contributed by atoms with Crippen LogP contribution < -0.4 is 10.5 Å². The second-order valence-electron chi connectivity index (χ2n) is 6.53. The third kappa shape index (κ3) is 2.74. The van der Waals surface area contributed by atoms with Gasteiger partial charge in [-0.1, -0.05) is 29.8 Å². The van der Waals surface area contributed by atoms with Crippen molar-refractivity contribution in [2.45, 2.75) is 19.8 Å². The summed E-state index contributed by atoms with van der Waals surface area (Å²) in [5.41, 5.74) is 10.3. The number of aromatic nitrogens is 2. The third-order valence-corrected chi connectivity index (χ3v) is 4.69. The number of hydrogen-bond acceptors (Lipinski definition) is 4. The Hall–Kier alpha value is -3.59. The first kappa shape index (κ1) is 16.9. The number of halogens is 1. The van der Waals surface area contributed by atoms with Gasteiger partial charge in [0.2, 0.25) is 11.8 Å². The molecule has 1 aromatic heterocycles. The molecule has 6 heteroatoms. The van der Waals surface area contributed by atoms with Crippen LogP contribution in [0.15, 0.2) is 60.0 Å². The Bertz CT molecular complexity index is 1110. The number of rotatable bonds is 2. The molecule has 0 saturated heterocycles. The maximum absolute atomic E-state index is 13.9. The minimum atomic E-state index is -0.534. The average Bonchev–Trinajstić information content (AvgIpc) is 2.97. The van der Waals surface area contributed by atoms with E-state index < -0.39 is 5.92 Å². The van der Waals surface area contributed by atoms with Gasteiger partial charge in [-0.3, -0.25) is 0 Å². The van der Waals surface area contributed by atoms with Crippen LogP contribution in [0, 0.1) is 31.0 Å². The normalized spacial score (nSPS) is 15.9. The first-order chi connectivity index (χ1) is 13.0. The number of hydrogen-bond donors (Lipinski definition) is 1. The van der Waals surface area contributed by atoms with E-state index >= 15 is 0 Å². The van der Waals surface area contributed by atoms with E-state index in [-0.39, 0.29) is 17.3 Å². The van der Waals surface area contributed by atoms with Gasteiger partial charge >= 0.3 is 0 Å². The molecule has 5 nitrogen and oxygen atoms in total. The fourth-order valence-corrected chi connectivity index (χ4v) is 3.39. The van der Waals surface area contributed by atoms with E-state index in [1.807, 2.05) is 38.1 Å². The van der Waals surface area contributed by atoms with Gasteiger partial charge in [-0.2, -0.15) is 10.4 Å². The number of fused-ring (bicyclic) bond motifs is 1. The van der Waals surface area contributed by atoms with Crippen LogP contribution >= 0.6 is 0 Å². The molecule has 0 spiro atoms. The Morgan fingerprint density at radius 3 is 2.59 bits per heavy atom. The number of ether oxygens (including phenoxy) is 1. The van der Waals surface area contributed by atoms with E-state index in [4.69, 9.17) is 10.5 Å². The van der Waals surface area contributed by atoms with Crippen molar-refractivity contribution in [3.05, 3.63) is 88.2 Å². The standard InChI is InChI=1S/C21H17FN4O/c1-12-6-8-16(9-7-12)26-21-18(13(2)25-26)19(17(11-23)20(24)27-21)14-4-3-5-15(22)10-14/h3-10,19H,24H2,1-2H3. The molecular weight excluding hydrogens is 343 g/mol.